The Morgan fingerprint density at radius 1 is 1.16 bits per heavy atom. The van der Waals surface area contributed by atoms with E-state index in [4.69, 9.17) is 11.6 Å². The van der Waals surface area contributed by atoms with Crippen molar-refractivity contribution in [3.63, 3.8) is 0 Å². The average molecular weight is 276 g/mol. The lowest BCUT2D eigenvalue weighted by molar-refractivity contribution is 0.627. The second-order valence-corrected chi connectivity index (χ2v) is 4.76. The fraction of sp³-hybridized carbons (Fsp3) is 0.143. The zero-order chi connectivity index (χ0) is 13.2. The summed E-state index contributed by atoms with van der Waals surface area (Å²) < 4.78 is 13.0. The number of nitrogens with zero attached hydrogens (tertiary/aromatic N) is 2. The molecule has 3 nitrogen and oxygen atoms in total. The van der Waals surface area contributed by atoms with Crippen molar-refractivity contribution in [1.82, 2.24) is 10.4 Å². The van der Waals surface area contributed by atoms with Crippen LogP contribution in [0.3, 0.4) is 0 Å². The van der Waals surface area contributed by atoms with Gasteiger partial charge in [-0.05, 0) is 29.8 Å². The minimum absolute atomic E-state index is 0.0581. The molecule has 0 amide bonds. The minimum Gasteiger partial charge on any atom is -0.309 e. The number of pyridine rings is 1. The van der Waals surface area contributed by atoms with E-state index in [1.165, 1.54) is 12.1 Å². The van der Waals surface area contributed by atoms with Crippen LogP contribution in [-0.2, 0) is 0 Å². The highest BCUT2D eigenvalue weighted by Gasteiger charge is 2.25. The van der Waals surface area contributed by atoms with E-state index in [0.717, 1.165) is 17.0 Å². The third-order valence-corrected chi connectivity index (χ3v) is 3.30. The Balaban J connectivity index is 1.93. The van der Waals surface area contributed by atoms with Crippen molar-refractivity contribution in [3.05, 3.63) is 64.7 Å². The summed E-state index contributed by atoms with van der Waals surface area (Å²) in [7, 11) is 0. The largest absolute Gasteiger partial charge is 0.309 e. The van der Waals surface area contributed by atoms with Gasteiger partial charge in [-0.2, -0.15) is 5.10 Å². The summed E-state index contributed by atoms with van der Waals surface area (Å²) in [5.74, 6) is -0.195. The maximum absolute atomic E-state index is 13.0. The monoisotopic (exact) mass is 275 g/mol. The lowest BCUT2D eigenvalue weighted by Crippen LogP contribution is -2.15. The average Bonchev–Trinajstić information content (AvgIpc) is 2.90. The number of hydrogen-bond donors (Lipinski definition) is 1. The summed E-state index contributed by atoms with van der Waals surface area (Å²) in [5.41, 5.74) is 5.64. The molecule has 0 fully saturated rings. The van der Waals surface area contributed by atoms with Crippen LogP contribution in [-0.4, -0.2) is 17.2 Å². The predicted molar refractivity (Wildman–Crippen MR) is 72.9 cm³/mol. The van der Waals surface area contributed by atoms with Gasteiger partial charge < -0.3 is 5.43 Å². The lowest BCUT2D eigenvalue weighted by Gasteiger charge is -2.11. The molecule has 0 spiro atoms. The number of benzene rings is 1. The Kier molecular flexibility index (Phi) is 3.17. The van der Waals surface area contributed by atoms with Crippen LogP contribution in [0.25, 0.3) is 0 Å². The second kappa shape index (κ2) is 4.97. The first-order valence-electron chi connectivity index (χ1n) is 5.92. The zero-order valence-corrected chi connectivity index (χ0v) is 10.7. The van der Waals surface area contributed by atoms with E-state index in [0.29, 0.717) is 11.6 Å². The number of hydrazone groups is 1. The zero-order valence-electron chi connectivity index (χ0n) is 9.98. The smallest absolute Gasteiger partial charge is 0.123 e. The third-order valence-electron chi connectivity index (χ3n) is 3.07. The lowest BCUT2D eigenvalue weighted by atomic mass is 9.94. The van der Waals surface area contributed by atoms with Crippen LogP contribution in [0.4, 0.5) is 4.39 Å². The first-order valence-corrected chi connectivity index (χ1v) is 6.29. The number of hydrogen-bond acceptors (Lipinski definition) is 3. The molecule has 2 aromatic rings. The van der Waals surface area contributed by atoms with Crippen LogP contribution < -0.4 is 5.43 Å². The topological polar surface area (TPSA) is 37.3 Å². The van der Waals surface area contributed by atoms with Gasteiger partial charge in [0.25, 0.3) is 0 Å². The summed E-state index contributed by atoms with van der Waals surface area (Å²) >= 11 is 5.84. The molecule has 1 aromatic heterocycles. The molecule has 1 N–H and O–H groups in total. The van der Waals surface area contributed by atoms with E-state index in [2.05, 4.69) is 15.5 Å². The van der Waals surface area contributed by atoms with Crippen molar-refractivity contribution >= 4 is 17.3 Å². The highest BCUT2D eigenvalue weighted by Crippen LogP contribution is 2.24. The van der Waals surface area contributed by atoms with Crippen LogP contribution in [0.5, 0.6) is 0 Å². The highest BCUT2D eigenvalue weighted by atomic mass is 35.5. The molecule has 0 saturated carbocycles. The highest BCUT2D eigenvalue weighted by molar-refractivity contribution is 6.30. The molecule has 1 aromatic carbocycles. The fourth-order valence-electron chi connectivity index (χ4n) is 2.12. The summed E-state index contributed by atoms with van der Waals surface area (Å²) in [5, 5.41) is 4.89. The molecule has 19 heavy (non-hydrogen) atoms. The Hall–Kier alpha value is -1.94. The molecular weight excluding hydrogens is 265 g/mol. The van der Waals surface area contributed by atoms with E-state index in [9.17, 15) is 4.39 Å². The van der Waals surface area contributed by atoms with Gasteiger partial charge in [0.15, 0.2) is 0 Å². The third kappa shape index (κ3) is 2.44. The van der Waals surface area contributed by atoms with Gasteiger partial charge in [-0.15, -0.1) is 0 Å². The van der Waals surface area contributed by atoms with Gasteiger partial charge in [-0.25, -0.2) is 4.39 Å². The summed E-state index contributed by atoms with van der Waals surface area (Å²) in [6.45, 7) is 0.682. The summed E-state index contributed by atoms with van der Waals surface area (Å²) in [4.78, 5) is 4.33. The maximum Gasteiger partial charge on any atom is 0.123 e. The first-order chi connectivity index (χ1) is 9.24. The van der Waals surface area contributed by atoms with Crippen LogP contribution in [0.15, 0.2) is 47.7 Å². The fourth-order valence-corrected chi connectivity index (χ4v) is 2.23. The molecule has 0 saturated heterocycles. The van der Waals surface area contributed by atoms with Crippen LogP contribution in [0, 0.1) is 5.82 Å². The van der Waals surface area contributed by atoms with Crippen molar-refractivity contribution in [2.45, 2.75) is 5.92 Å². The summed E-state index contributed by atoms with van der Waals surface area (Å²) in [6, 6.07) is 10.0. The molecule has 2 heterocycles. The molecule has 1 aliphatic rings. The van der Waals surface area contributed by atoms with Gasteiger partial charge in [0.1, 0.15) is 5.82 Å². The molecule has 0 unspecified atom stereocenters. The molecule has 0 aliphatic carbocycles. The normalized spacial score (nSPS) is 18.0. The Bertz CT molecular complexity index is 608. The van der Waals surface area contributed by atoms with Gasteiger partial charge in [0, 0.05) is 12.7 Å². The van der Waals surface area contributed by atoms with Crippen molar-refractivity contribution in [1.29, 1.82) is 0 Å². The molecular formula is C14H11ClFN3. The minimum atomic E-state index is -0.253. The molecule has 5 heteroatoms. The van der Waals surface area contributed by atoms with Crippen LogP contribution >= 0.6 is 11.6 Å². The van der Waals surface area contributed by atoms with Gasteiger partial charge in [0.2, 0.25) is 0 Å². The molecule has 96 valence electrons. The molecule has 1 atom stereocenters. The van der Waals surface area contributed by atoms with Gasteiger partial charge in [-0.1, -0.05) is 23.7 Å². The van der Waals surface area contributed by atoms with Crippen LogP contribution in [0.2, 0.25) is 5.02 Å². The van der Waals surface area contributed by atoms with Crippen molar-refractivity contribution in [2.75, 3.05) is 6.54 Å². The standard InChI is InChI=1S/C14H11ClFN3/c15-10-3-6-13(17-7-10)12-8-18-19-14(12)9-1-4-11(16)5-2-9/h1-7,12,18H,8H2/t12-/m1/s1. The van der Waals surface area contributed by atoms with Crippen molar-refractivity contribution in [2.24, 2.45) is 5.10 Å². The Labute approximate surface area is 115 Å². The number of nitrogens with one attached hydrogen (secondary N) is 1. The van der Waals surface area contributed by atoms with Crippen molar-refractivity contribution < 1.29 is 4.39 Å². The van der Waals surface area contributed by atoms with Gasteiger partial charge in [0.05, 0.1) is 22.3 Å². The van der Waals surface area contributed by atoms with E-state index >= 15 is 0 Å². The van der Waals surface area contributed by atoms with Crippen molar-refractivity contribution in [3.8, 4) is 0 Å². The van der Waals surface area contributed by atoms with Gasteiger partial charge >= 0.3 is 0 Å². The van der Waals surface area contributed by atoms with E-state index in [1.807, 2.05) is 12.1 Å². The number of rotatable bonds is 2. The van der Waals surface area contributed by atoms with E-state index in [-0.39, 0.29) is 11.7 Å². The molecule has 0 bridgehead atoms. The van der Waals surface area contributed by atoms with Gasteiger partial charge in [-0.3, -0.25) is 4.98 Å². The maximum atomic E-state index is 13.0. The molecule has 3 rings (SSSR count). The first kappa shape index (κ1) is 12.1. The number of aromatic nitrogens is 1. The van der Waals surface area contributed by atoms with Crippen LogP contribution in [0.1, 0.15) is 17.2 Å². The van der Waals surface area contributed by atoms with E-state index < -0.39 is 0 Å². The molecule has 0 radical (unpaired) electrons. The quantitative estimate of drug-likeness (QED) is 0.915. The number of halogens is 2. The predicted octanol–water partition coefficient (Wildman–Crippen LogP) is 2.97. The Morgan fingerprint density at radius 2 is 1.95 bits per heavy atom. The molecule has 1 aliphatic heterocycles. The second-order valence-electron chi connectivity index (χ2n) is 4.32. The summed E-state index contributed by atoms with van der Waals surface area (Å²) in [6.07, 6.45) is 1.62. The SMILES string of the molecule is Fc1ccc(C2=NNC[C@@H]2c2ccc(Cl)cn2)cc1. The van der Waals surface area contributed by atoms with E-state index in [1.54, 1.807) is 18.3 Å². The Morgan fingerprint density at radius 3 is 2.63 bits per heavy atom.